The van der Waals surface area contributed by atoms with Gasteiger partial charge in [-0.15, -0.1) is 6.58 Å². The average Bonchev–Trinajstić information content (AvgIpc) is 2.69. The number of hydrogen-bond acceptors (Lipinski definition) is 6. The molecular weight excluding hydrogens is 380 g/mol. The van der Waals surface area contributed by atoms with E-state index in [0.29, 0.717) is 42.2 Å². The van der Waals surface area contributed by atoms with Gasteiger partial charge in [0, 0.05) is 26.3 Å². The summed E-state index contributed by atoms with van der Waals surface area (Å²) in [5, 5.41) is 5.64. The largest absolute Gasteiger partial charge is 0.382 e. The van der Waals surface area contributed by atoms with Crippen molar-refractivity contribution in [2.45, 2.75) is 25.0 Å². The number of nitrogens with zero attached hydrogens (tertiary/aromatic N) is 2. The molecule has 8 nitrogen and oxygen atoms in total. The minimum atomic E-state index is -0.592. The molecule has 1 aromatic heterocycles. The van der Waals surface area contributed by atoms with E-state index in [1.165, 1.54) is 6.08 Å². The van der Waals surface area contributed by atoms with Gasteiger partial charge in [-0.1, -0.05) is 30.0 Å². The molecule has 0 bridgehead atoms. The molecule has 9 heteroatoms. The van der Waals surface area contributed by atoms with Crippen LogP contribution in [-0.2, 0) is 16.1 Å². The smallest absolute Gasteiger partial charge is 0.321 e. The van der Waals surface area contributed by atoms with E-state index in [2.05, 4.69) is 22.2 Å². The molecule has 0 fully saturated rings. The van der Waals surface area contributed by atoms with Gasteiger partial charge in [-0.3, -0.25) is 19.5 Å². The molecule has 1 heterocycles. The summed E-state index contributed by atoms with van der Waals surface area (Å²) < 4.78 is 6.89. The molecule has 28 heavy (non-hydrogen) atoms. The van der Waals surface area contributed by atoms with E-state index in [4.69, 9.17) is 4.74 Å². The van der Waals surface area contributed by atoms with Gasteiger partial charge in [-0.2, -0.15) is 0 Å². The number of amides is 3. The quantitative estimate of drug-likeness (QED) is 0.271. The van der Waals surface area contributed by atoms with Crippen LogP contribution in [-0.4, -0.2) is 47.0 Å². The highest BCUT2D eigenvalue weighted by molar-refractivity contribution is 7.99. The summed E-state index contributed by atoms with van der Waals surface area (Å²) in [5.41, 5.74) is 0.411. The molecule has 2 aromatic rings. The number of ether oxygens (including phenoxy) is 1. The molecule has 3 amide bonds. The lowest BCUT2D eigenvalue weighted by Crippen LogP contribution is -2.40. The van der Waals surface area contributed by atoms with E-state index in [-0.39, 0.29) is 17.9 Å². The van der Waals surface area contributed by atoms with Crippen molar-refractivity contribution in [3.05, 3.63) is 47.3 Å². The Balaban J connectivity index is 2.14. The van der Waals surface area contributed by atoms with Crippen LogP contribution in [0, 0.1) is 0 Å². The summed E-state index contributed by atoms with van der Waals surface area (Å²) in [4.78, 5) is 40.9. The van der Waals surface area contributed by atoms with Crippen LogP contribution in [0.4, 0.5) is 4.79 Å². The van der Waals surface area contributed by atoms with Gasteiger partial charge < -0.3 is 10.1 Å². The summed E-state index contributed by atoms with van der Waals surface area (Å²) in [6.07, 6.45) is 2.16. The van der Waals surface area contributed by atoms with Gasteiger partial charge in [0.25, 0.3) is 5.56 Å². The fourth-order valence-electron chi connectivity index (χ4n) is 2.43. The molecule has 150 valence electrons. The molecule has 0 aliphatic carbocycles. The number of thioether (sulfide) groups is 1. The third kappa shape index (κ3) is 6.21. The molecule has 0 radical (unpaired) electrons. The number of aromatic nitrogens is 2. The van der Waals surface area contributed by atoms with Gasteiger partial charge in [0.15, 0.2) is 5.16 Å². The Morgan fingerprint density at radius 3 is 2.89 bits per heavy atom. The van der Waals surface area contributed by atoms with Crippen LogP contribution < -0.4 is 16.2 Å². The highest BCUT2D eigenvalue weighted by Gasteiger charge is 2.14. The standard InChI is InChI=1S/C19H24N4O4S/c1-3-10-20-18(26)22-16(24)13-28-19-21-15-9-6-5-8-14(15)17(25)23(19)11-7-12-27-4-2/h3,5-6,8-9H,1,4,7,10-13H2,2H3,(H2,20,22,24,26). The predicted molar refractivity (Wildman–Crippen MR) is 110 cm³/mol. The van der Waals surface area contributed by atoms with Crippen molar-refractivity contribution in [1.82, 2.24) is 20.2 Å². The highest BCUT2D eigenvalue weighted by atomic mass is 32.2. The number of urea groups is 1. The summed E-state index contributed by atoms with van der Waals surface area (Å²) in [6, 6.07) is 6.49. The number of carbonyl (C=O) groups is 2. The zero-order valence-electron chi connectivity index (χ0n) is 15.8. The average molecular weight is 404 g/mol. The second kappa shape index (κ2) is 11.3. The van der Waals surface area contributed by atoms with Gasteiger partial charge in [0.2, 0.25) is 5.91 Å². The molecule has 0 unspecified atom stereocenters. The second-order valence-electron chi connectivity index (χ2n) is 5.75. The maximum Gasteiger partial charge on any atom is 0.321 e. The number of hydrogen-bond donors (Lipinski definition) is 2. The number of nitrogens with one attached hydrogen (secondary N) is 2. The molecule has 0 aliphatic heterocycles. The number of rotatable bonds is 10. The van der Waals surface area contributed by atoms with Crippen LogP contribution in [0.3, 0.4) is 0 Å². The highest BCUT2D eigenvalue weighted by Crippen LogP contribution is 2.18. The fraction of sp³-hybridized carbons (Fsp3) is 0.368. The molecule has 0 saturated heterocycles. The minimum absolute atomic E-state index is 0.0439. The molecule has 0 aliphatic rings. The van der Waals surface area contributed by atoms with Crippen molar-refractivity contribution < 1.29 is 14.3 Å². The zero-order chi connectivity index (χ0) is 20.4. The van der Waals surface area contributed by atoms with Crippen LogP contribution in [0.1, 0.15) is 13.3 Å². The van der Waals surface area contributed by atoms with Crippen LogP contribution in [0.2, 0.25) is 0 Å². The third-order valence-electron chi connectivity index (χ3n) is 3.69. The van der Waals surface area contributed by atoms with Crippen LogP contribution in [0.15, 0.2) is 46.9 Å². The van der Waals surface area contributed by atoms with E-state index in [1.807, 2.05) is 6.92 Å². The maximum absolute atomic E-state index is 12.8. The fourth-order valence-corrected chi connectivity index (χ4v) is 3.25. The van der Waals surface area contributed by atoms with E-state index in [1.54, 1.807) is 28.8 Å². The van der Waals surface area contributed by atoms with Gasteiger partial charge in [-0.25, -0.2) is 9.78 Å². The Morgan fingerprint density at radius 1 is 1.36 bits per heavy atom. The molecule has 0 saturated carbocycles. The Kier molecular flexibility index (Phi) is 8.70. The Labute approximate surface area is 167 Å². The molecule has 0 atom stereocenters. The minimum Gasteiger partial charge on any atom is -0.382 e. The zero-order valence-corrected chi connectivity index (χ0v) is 16.6. The lowest BCUT2D eigenvalue weighted by Gasteiger charge is -2.13. The first kappa shape index (κ1) is 21.6. The van der Waals surface area contributed by atoms with Crippen molar-refractivity contribution in [2.24, 2.45) is 0 Å². The lowest BCUT2D eigenvalue weighted by atomic mass is 10.2. The van der Waals surface area contributed by atoms with Crippen LogP contribution in [0.25, 0.3) is 10.9 Å². The number of para-hydroxylation sites is 1. The van der Waals surface area contributed by atoms with Gasteiger partial charge >= 0.3 is 6.03 Å². The van der Waals surface area contributed by atoms with E-state index in [9.17, 15) is 14.4 Å². The summed E-state index contributed by atoms with van der Waals surface area (Å²) in [7, 11) is 0. The van der Waals surface area contributed by atoms with Gasteiger partial charge in [0.1, 0.15) is 0 Å². The summed E-state index contributed by atoms with van der Waals surface area (Å²) in [5.74, 6) is -0.521. The monoisotopic (exact) mass is 404 g/mol. The SMILES string of the molecule is C=CCNC(=O)NC(=O)CSc1nc2ccccc2c(=O)n1CCCOCC. The first-order valence-corrected chi connectivity index (χ1v) is 9.94. The number of imide groups is 1. The first-order chi connectivity index (χ1) is 13.6. The molecule has 0 spiro atoms. The molecule has 1 aromatic carbocycles. The third-order valence-corrected chi connectivity index (χ3v) is 4.67. The van der Waals surface area contributed by atoms with Crippen LogP contribution in [0.5, 0.6) is 0 Å². The normalized spacial score (nSPS) is 10.6. The Morgan fingerprint density at radius 2 is 2.14 bits per heavy atom. The summed E-state index contributed by atoms with van der Waals surface area (Å²) in [6.45, 7) is 7.23. The van der Waals surface area contributed by atoms with E-state index < -0.39 is 11.9 Å². The Hall–Kier alpha value is -2.65. The van der Waals surface area contributed by atoms with E-state index >= 15 is 0 Å². The topological polar surface area (TPSA) is 102 Å². The summed E-state index contributed by atoms with van der Waals surface area (Å²) >= 11 is 1.11. The molecular formula is C19H24N4O4S. The number of carbonyl (C=O) groups excluding carboxylic acids is 2. The molecule has 2 N–H and O–H groups in total. The molecule has 2 rings (SSSR count). The number of fused-ring (bicyclic) bond motifs is 1. The van der Waals surface area contributed by atoms with E-state index in [0.717, 1.165) is 11.8 Å². The van der Waals surface area contributed by atoms with Gasteiger partial charge in [-0.05, 0) is 25.5 Å². The van der Waals surface area contributed by atoms with Crippen molar-refractivity contribution in [3.63, 3.8) is 0 Å². The van der Waals surface area contributed by atoms with Gasteiger partial charge in [0.05, 0.1) is 16.7 Å². The number of benzene rings is 1. The second-order valence-corrected chi connectivity index (χ2v) is 6.70. The predicted octanol–water partition coefficient (Wildman–Crippen LogP) is 1.93. The van der Waals surface area contributed by atoms with Crippen molar-refractivity contribution in [2.75, 3.05) is 25.5 Å². The first-order valence-electron chi connectivity index (χ1n) is 8.95. The van der Waals surface area contributed by atoms with Crippen molar-refractivity contribution in [1.29, 1.82) is 0 Å². The lowest BCUT2D eigenvalue weighted by molar-refractivity contribution is -0.117. The van der Waals surface area contributed by atoms with Crippen LogP contribution >= 0.6 is 11.8 Å². The van der Waals surface area contributed by atoms with Crippen molar-refractivity contribution >= 4 is 34.6 Å². The van der Waals surface area contributed by atoms with Crippen molar-refractivity contribution in [3.8, 4) is 0 Å². The maximum atomic E-state index is 12.8. The Bertz CT molecular complexity index is 897.